The molecule has 0 saturated carbocycles. The first-order valence-corrected chi connectivity index (χ1v) is 10.1. The number of para-hydroxylation sites is 1. The van der Waals surface area contributed by atoms with Crippen LogP contribution in [0.3, 0.4) is 0 Å². The quantitative estimate of drug-likeness (QED) is 0.549. The summed E-state index contributed by atoms with van der Waals surface area (Å²) in [5, 5.41) is 8.94. The van der Waals surface area contributed by atoms with Crippen LogP contribution < -0.4 is 5.32 Å². The maximum atomic E-state index is 13.9. The number of nitrogens with zero attached hydrogens (tertiary/aromatic N) is 5. The third-order valence-electron chi connectivity index (χ3n) is 5.46. The molecule has 0 spiro atoms. The van der Waals surface area contributed by atoms with E-state index in [9.17, 15) is 4.39 Å². The molecule has 30 heavy (non-hydrogen) atoms. The summed E-state index contributed by atoms with van der Waals surface area (Å²) < 4.78 is 21.2. The van der Waals surface area contributed by atoms with Crippen LogP contribution in [-0.4, -0.2) is 57.3 Å². The molecule has 0 amide bonds. The van der Waals surface area contributed by atoms with Gasteiger partial charge >= 0.3 is 0 Å². The van der Waals surface area contributed by atoms with Gasteiger partial charge < -0.3 is 10.1 Å². The molecule has 1 unspecified atom stereocenters. The van der Waals surface area contributed by atoms with Gasteiger partial charge in [0.2, 0.25) is 5.95 Å². The van der Waals surface area contributed by atoms with E-state index in [-0.39, 0.29) is 11.9 Å². The molecule has 1 N–H and O–H groups in total. The Hall–Kier alpha value is -3.10. The highest BCUT2D eigenvalue weighted by Gasteiger charge is 2.24. The standard InChI is InChI=1S/C22H23FN6O/c1-15-25-21-18-7-2-3-8-19(18)26-22(29(21)27-15)24-14-20(28-9-11-30-12-10-28)16-5-4-6-17(23)13-16/h2-8,13,20H,9-12,14H2,1H3,(H,24,26). The fraction of sp³-hybridized carbons (Fsp3) is 0.318. The van der Waals surface area contributed by atoms with E-state index in [1.165, 1.54) is 6.07 Å². The predicted octanol–water partition coefficient (Wildman–Crippen LogP) is 3.21. The van der Waals surface area contributed by atoms with Crippen molar-refractivity contribution in [3.63, 3.8) is 0 Å². The van der Waals surface area contributed by atoms with Crippen molar-refractivity contribution in [2.24, 2.45) is 0 Å². The van der Waals surface area contributed by atoms with Crippen molar-refractivity contribution in [2.45, 2.75) is 13.0 Å². The maximum absolute atomic E-state index is 13.9. The van der Waals surface area contributed by atoms with Gasteiger partial charge in [-0.2, -0.15) is 4.52 Å². The molecule has 5 rings (SSSR count). The smallest absolute Gasteiger partial charge is 0.226 e. The largest absolute Gasteiger partial charge is 0.379 e. The van der Waals surface area contributed by atoms with Crippen LogP contribution in [0.4, 0.5) is 10.3 Å². The van der Waals surface area contributed by atoms with E-state index in [4.69, 9.17) is 9.72 Å². The molecule has 1 fully saturated rings. The lowest BCUT2D eigenvalue weighted by atomic mass is 10.0. The van der Waals surface area contributed by atoms with Crippen molar-refractivity contribution in [1.82, 2.24) is 24.5 Å². The number of halogens is 1. The molecule has 2 aromatic carbocycles. The Morgan fingerprint density at radius 2 is 1.93 bits per heavy atom. The van der Waals surface area contributed by atoms with E-state index in [1.54, 1.807) is 16.6 Å². The summed E-state index contributed by atoms with van der Waals surface area (Å²) in [6.45, 7) is 5.37. The first-order valence-electron chi connectivity index (χ1n) is 10.1. The van der Waals surface area contributed by atoms with Crippen LogP contribution in [0.5, 0.6) is 0 Å². The van der Waals surface area contributed by atoms with Crippen LogP contribution in [0.25, 0.3) is 16.6 Å². The first-order chi connectivity index (χ1) is 14.7. The zero-order chi connectivity index (χ0) is 20.5. The fourth-order valence-corrected chi connectivity index (χ4v) is 4.02. The van der Waals surface area contributed by atoms with Gasteiger partial charge in [0.1, 0.15) is 11.6 Å². The maximum Gasteiger partial charge on any atom is 0.226 e. The molecule has 1 atom stereocenters. The van der Waals surface area contributed by atoms with Gasteiger partial charge in [-0.1, -0.05) is 24.3 Å². The lowest BCUT2D eigenvalue weighted by Gasteiger charge is -2.35. The minimum atomic E-state index is -0.233. The molecule has 1 aliphatic rings. The summed E-state index contributed by atoms with van der Waals surface area (Å²) in [4.78, 5) is 11.7. The van der Waals surface area contributed by atoms with Crippen molar-refractivity contribution in [2.75, 3.05) is 38.2 Å². The zero-order valence-corrected chi connectivity index (χ0v) is 16.8. The van der Waals surface area contributed by atoms with Gasteiger partial charge in [-0.05, 0) is 36.8 Å². The van der Waals surface area contributed by atoms with E-state index in [0.717, 1.165) is 35.2 Å². The monoisotopic (exact) mass is 406 g/mol. The third-order valence-corrected chi connectivity index (χ3v) is 5.46. The van der Waals surface area contributed by atoms with Gasteiger partial charge in [0.25, 0.3) is 0 Å². The number of ether oxygens (including phenoxy) is 1. The number of nitrogens with one attached hydrogen (secondary N) is 1. The highest BCUT2D eigenvalue weighted by molar-refractivity contribution is 5.92. The van der Waals surface area contributed by atoms with Crippen LogP contribution >= 0.6 is 0 Å². The van der Waals surface area contributed by atoms with Crippen LogP contribution in [-0.2, 0) is 4.74 Å². The number of aromatic nitrogens is 4. The van der Waals surface area contributed by atoms with Crippen LogP contribution in [0, 0.1) is 12.7 Å². The predicted molar refractivity (Wildman–Crippen MR) is 113 cm³/mol. The molecular weight excluding hydrogens is 383 g/mol. The summed E-state index contributed by atoms with van der Waals surface area (Å²) in [7, 11) is 0. The van der Waals surface area contributed by atoms with Crippen molar-refractivity contribution in [3.05, 3.63) is 65.7 Å². The molecular formula is C22H23FN6O. The lowest BCUT2D eigenvalue weighted by molar-refractivity contribution is 0.0186. The lowest BCUT2D eigenvalue weighted by Crippen LogP contribution is -2.41. The van der Waals surface area contributed by atoms with E-state index >= 15 is 0 Å². The molecule has 154 valence electrons. The van der Waals surface area contributed by atoms with Gasteiger partial charge in [0.15, 0.2) is 5.65 Å². The Bertz CT molecular complexity index is 1190. The Morgan fingerprint density at radius 1 is 1.10 bits per heavy atom. The number of aryl methyl sites for hydroxylation is 1. The molecule has 0 aliphatic carbocycles. The van der Waals surface area contributed by atoms with Crippen LogP contribution in [0.2, 0.25) is 0 Å². The second kappa shape index (κ2) is 7.97. The highest BCUT2D eigenvalue weighted by Crippen LogP contribution is 2.25. The Labute approximate surface area is 173 Å². The van der Waals surface area contributed by atoms with Crippen molar-refractivity contribution in [3.8, 4) is 0 Å². The van der Waals surface area contributed by atoms with E-state index < -0.39 is 0 Å². The number of rotatable bonds is 5. The number of benzene rings is 2. The van der Waals surface area contributed by atoms with Crippen molar-refractivity contribution in [1.29, 1.82) is 0 Å². The topological polar surface area (TPSA) is 67.6 Å². The number of hydrogen-bond donors (Lipinski definition) is 1. The summed E-state index contributed by atoms with van der Waals surface area (Å²) in [6.07, 6.45) is 0. The number of anilines is 1. The van der Waals surface area contributed by atoms with Crippen LogP contribution in [0.15, 0.2) is 48.5 Å². The molecule has 7 nitrogen and oxygen atoms in total. The average Bonchev–Trinajstić information content (AvgIpc) is 3.17. The number of morpholine rings is 1. The molecule has 0 bridgehead atoms. The van der Waals surface area contributed by atoms with Gasteiger partial charge in [0, 0.05) is 25.0 Å². The zero-order valence-electron chi connectivity index (χ0n) is 16.8. The van der Waals surface area contributed by atoms with Gasteiger partial charge in [0.05, 0.1) is 24.8 Å². The molecule has 2 aromatic heterocycles. The summed E-state index contributed by atoms with van der Waals surface area (Å²) >= 11 is 0. The molecule has 3 heterocycles. The first kappa shape index (κ1) is 18.9. The Kier molecular flexibility index (Phi) is 5.02. The molecule has 1 saturated heterocycles. The molecule has 8 heteroatoms. The third kappa shape index (κ3) is 3.59. The van der Waals surface area contributed by atoms with E-state index in [2.05, 4.69) is 20.3 Å². The minimum absolute atomic E-state index is 0.0162. The average molecular weight is 406 g/mol. The highest BCUT2D eigenvalue weighted by atomic mass is 19.1. The SMILES string of the molecule is Cc1nc2c3ccccc3nc(NCC(c3cccc(F)c3)N3CCOCC3)n2n1. The van der Waals surface area contributed by atoms with Crippen molar-refractivity contribution >= 4 is 22.5 Å². The summed E-state index contributed by atoms with van der Waals surface area (Å²) in [5.41, 5.74) is 2.55. The summed E-state index contributed by atoms with van der Waals surface area (Å²) in [5.74, 6) is 1.08. The van der Waals surface area contributed by atoms with Crippen molar-refractivity contribution < 1.29 is 9.13 Å². The number of fused-ring (bicyclic) bond motifs is 3. The van der Waals surface area contributed by atoms with E-state index in [0.29, 0.717) is 31.5 Å². The van der Waals surface area contributed by atoms with Crippen LogP contribution in [0.1, 0.15) is 17.4 Å². The summed E-state index contributed by atoms with van der Waals surface area (Å²) in [6, 6.07) is 14.7. The second-order valence-electron chi connectivity index (χ2n) is 7.45. The minimum Gasteiger partial charge on any atom is -0.379 e. The fourth-order valence-electron chi connectivity index (χ4n) is 4.02. The van der Waals surface area contributed by atoms with Gasteiger partial charge in [-0.25, -0.2) is 14.4 Å². The van der Waals surface area contributed by atoms with E-state index in [1.807, 2.05) is 37.3 Å². The molecule has 4 aromatic rings. The second-order valence-corrected chi connectivity index (χ2v) is 7.45. The normalized spacial score (nSPS) is 16.2. The Balaban J connectivity index is 1.50. The molecule has 1 aliphatic heterocycles. The number of hydrogen-bond acceptors (Lipinski definition) is 6. The Morgan fingerprint density at radius 3 is 2.77 bits per heavy atom. The van der Waals surface area contributed by atoms with Gasteiger partial charge in [-0.15, -0.1) is 5.10 Å². The molecule has 0 radical (unpaired) electrons. The van der Waals surface area contributed by atoms with Gasteiger partial charge in [-0.3, -0.25) is 4.90 Å².